The van der Waals surface area contributed by atoms with Crippen LogP contribution in [-0.4, -0.2) is 60.5 Å². The van der Waals surface area contributed by atoms with E-state index in [0.29, 0.717) is 0 Å². The van der Waals surface area contributed by atoms with Crippen LogP contribution >= 0.6 is 27.5 Å². The molecular formula is C4H17ClO8P2. The molecule has 0 aliphatic heterocycles. The first-order valence-corrected chi connectivity index (χ1v) is 7.86. The molecular weight excluding hydrogens is 273 g/mol. The molecule has 98 valence electrons. The molecule has 0 saturated carbocycles. The molecule has 0 saturated heterocycles. The van der Waals surface area contributed by atoms with Crippen molar-refractivity contribution in [2.45, 2.75) is 0 Å². The quantitative estimate of drug-likeness (QED) is 0.294. The Morgan fingerprint density at radius 3 is 0.933 bits per heavy atom. The summed E-state index contributed by atoms with van der Waals surface area (Å²) in [6.07, 6.45) is -1.07. The van der Waals surface area contributed by atoms with E-state index in [2.05, 4.69) is 0 Å². The molecule has 0 fully saturated rings. The number of phosphoric acid groups is 1. The van der Waals surface area contributed by atoms with Crippen LogP contribution in [0.3, 0.4) is 0 Å². The van der Waals surface area contributed by atoms with Crippen molar-refractivity contribution in [3.8, 4) is 0 Å². The van der Waals surface area contributed by atoms with Gasteiger partial charge in [0.2, 0.25) is 0 Å². The van der Waals surface area contributed by atoms with Crippen LogP contribution in [0.15, 0.2) is 0 Å². The second-order valence-corrected chi connectivity index (χ2v) is 7.94. The number of aliphatic hydroxyl groups excluding tert-OH is 4. The first-order valence-electron chi connectivity index (χ1n) is 3.46. The zero-order valence-electron chi connectivity index (χ0n) is 7.72. The van der Waals surface area contributed by atoms with Gasteiger partial charge >= 0.3 is 60.9 Å². The van der Waals surface area contributed by atoms with Gasteiger partial charge in [0, 0.05) is 0 Å². The van der Waals surface area contributed by atoms with E-state index in [0.717, 1.165) is 0 Å². The minimum atomic E-state index is -4.64. The molecule has 0 radical (unpaired) electrons. The number of aliphatic hydroxyl groups is 4. The Balaban J connectivity index is -0.000000208. The van der Waals surface area contributed by atoms with E-state index in [1.165, 1.54) is 0 Å². The van der Waals surface area contributed by atoms with Crippen molar-refractivity contribution in [3.05, 3.63) is 0 Å². The van der Waals surface area contributed by atoms with Crippen LogP contribution in [0, 0.1) is 0 Å². The molecule has 0 heterocycles. The van der Waals surface area contributed by atoms with Gasteiger partial charge < -0.3 is 14.7 Å². The monoisotopic (exact) mass is 290 g/mol. The van der Waals surface area contributed by atoms with Gasteiger partial charge in [0.1, 0.15) is 0 Å². The summed E-state index contributed by atoms with van der Waals surface area (Å²) in [5, 5.41) is 34.2. The second-order valence-electron chi connectivity index (χ2n) is 2.65. The third-order valence-electron chi connectivity index (χ3n) is 1.34. The van der Waals surface area contributed by atoms with Gasteiger partial charge in [-0.15, -0.1) is 12.4 Å². The van der Waals surface area contributed by atoms with Gasteiger partial charge in [0.15, 0.2) is 0 Å². The van der Waals surface area contributed by atoms with Crippen molar-refractivity contribution in [3.63, 3.8) is 0 Å². The van der Waals surface area contributed by atoms with Crippen molar-refractivity contribution < 1.29 is 39.7 Å². The predicted octanol–water partition coefficient (Wildman–Crippen LogP) is -1.97. The third kappa shape index (κ3) is 14.7. The second kappa shape index (κ2) is 9.86. The summed E-state index contributed by atoms with van der Waals surface area (Å²) >= 11 is 0. The maximum absolute atomic E-state index is 8.88. The molecule has 0 rings (SSSR count). The summed E-state index contributed by atoms with van der Waals surface area (Å²) < 4.78 is 8.88. The van der Waals surface area contributed by atoms with Gasteiger partial charge in [-0.05, 0) is 0 Å². The predicted molar refractivity (Wildman–Crippen MR) is 58.2 cm³/mol. The van der Waals surface area contributed by atoms with Crippen LogP contribution in [0.5, 0.6) is 0 Å². The first-order chi connectivity index (χ1) is 6.24. The number of halogens is 1. The molecule has 0 aromatic rings. The van der Waals surface area contributed by atoms with Crippen LogP contribution in [-0.2, 0) is 4.57 Å². The molecule has 0 aliphatic rings. The first kappa shape index (κ1) is 21.0. The van der Waals surface area contributed by atoms with E-state index >= 15 is 0 Å². The maximum atomic E-state index is 8.88. The molecule has 0 spiro atoms. The standard InChI is InChI=1S/C4H13O4P.ClH.H3O4P/c5-1-9(2-6,3-7)4-8;;1-5(2,3)4/h5-9H,1-4H2;1H;(H3,1,2,3,4). The number of hydrogen-bond donors (Lipinski definition) is 7. The molecule has 0 amide bonds. The third-order valence-corrected chi connectivity index (χ3v) is 4.02. The van der Waals surface area contributed by atoms with E-state index in [9.17, 15) is 0 Å². The summed E-state index contributed by atoms with van der Waals surface area (Å²) in [4.78, 5) is 21.6. The SMILES string of the molecule is Cl.O=P(O)(O)O.OC[PH](CO)(CO)CO. The van der Waals surface area contributed by atoms with Crippen molar-refractivity contribution in [2.75, 3.05) is 25.4 Å². The summed E-state index contributed by atoms with van der Waals surface area (Å²) in [6, 6.07) is 0. The summed E-state index contributed by atoms with van der Waals surface area (Å²) in [5.41, 5.74) is 0. The Morgan fingerprint density at radius 1 is 0.800 bits per heavy atom. The molecule has 8 nitrogen and oxygen atoms in total. The van der Waals surface area contributed by atoms with Gasteiger partial charge in [0.05, 0.1) is 0 Å². The van der Waals surface area contributed by atoms with Gasteiger partial charge in [-0.2, -0.15) is 0 Å². The van der Waals surface area contributed by atoms with Crippen LogP contribution < -0.4 is 0 Å². The molecule has 0 aromatic carbocycles. The topological polar surface area (TPSA) is 159 Å². The minimum absolute atomic E-state index is 0. The molecule has 11 heteroatoms. The van der Waals surface area contributed by atoms with Crippen molar-refractivity contribution >= 4 is 27.5 Å². The molecule has 0 unspecified atom stereocenters. The van der Waals surface area contributed by atoms with E-state index in [1.54, 1.807) is 0 Å². The summed E-state index contributed by atoms with van der Waals surface area (Å²) in [5.74, 6) is 0. The molecule has 7 N–H and O–H groups in total. The average molecular weight is 291 g/mol. The molecule has 15 heavy (non-hydrogen) atoms. The Bertz CT molecular complexity index is 154. The van der Waals surface area contributed by atoms with Crippen molar-refractivity contribution in [1.29, 1.82) is 0 Å². The summed E-state index contributed by atoms with van der Waals surface area (Å²) in [7, 11) is -7.11. The van der Waals surface area contributed by atoms with Crippen molar-refractivity contribution in [2.24, 2.45) is 0 Å². The fourth-order valence-corrected chi connectivity index (χ4v) is 0.900. The fourth-order valence-electron chi connectivity index (χ4n) is 0.300. The van der Waals surface area contributed by atoms with Crippen LogP contribution in [0.2, 0.25) is 0 Å². The van der Waals surface area contributed by atoms with E-state index in [-0.39, 0.29) is 37.8 Å². The number of hydrogen-bond acceptors (Lipinski definition) is 5. The average Bonchev–Trinajstić information content (AvgIpc) is 2.07. The van der Waals surface area contributed by atoms with Gasteiger partial charge in [-0.25, -0.2) is 4.57 Å². The van der Waals surface area contributed by atoms with Crippen LogP contribution in [0.1, 0.15) is 0 Å². The fraction of sp³-hybridized carbons (Fsp3) is 1.00. The zero-order valence-corrected chi connectivity index (χ0v) is 10.4. The Labute approximate surface area is 93.2 Å². The van der Waals surface area contributed by atoms with E-state index in [4.69, 9.17) is 39.7 Å². The van der Waals surface area contributed by atoms with E-state index < -0.39 is 15.1 Å². The van der Waals surface area contributed by atoms with Crippen LogP contribution in [0.25, 0.3) is 0 Å². The molecule has 0 aliphatic carbocycles. The Kier molecular flexibility index (Phi) is 13.8. The number of rotatable bonds is 4. The van der Waals surface area contributed by atoms with Gasteiger partial charge in [-0.1, -0.05) is 0 Å². The zero-order chi connectivity index (χ0) is 11.8. The normalized spacial score (nSPS) is 12.2. The Morgan fingerprint density at radius 2 is 0.933 bits per heavy atom. The van der Waals surface area contributed by atoms with Crippen LogP contribution in [0.4, 0.5) is 0 Å². The molecule has 0 aromatic heterocycles. The molecule has 0 bridgehead atoms. The van der Waals surface area contributed by atoms with Crippen molar-refractivity contribution in [1.82, 2.24) is 0 Å². The molecule has 0 atom stereocenters. The Hall–Kier alpha value is 0.670. The van der Waals surface area contributed by atoms with Gasteiger partial charge in [0.25, 0.3) is 0 Å². The summed E-state index contributed by atoms with van der Waals surface area (Å²) in [6.45, 7) is 0. The van der Waals surface area contributed by atoms with E-state index in [1.807, 2.05) is 0 Å². The van der Waals surface area contributed by atoms with Gasteiger partial charge in [-0.3, -0.25) is 0 Å².